The van der Waals surface area contributed by atoms with Gasteiger partial charge in [-0.2, -0.15) is 0 Å². The first kappa shape index (κ1) is 15.9. The highest BCUT2D eigenvalue weighted by Crippen LogP contribution is 2.39. The molecular weight excluding hydrogens is 286 g/mol. The maximum atomic E-state index is 6.21. The molecule has 0 amide bonds. The molecule has 0 aromatic heterocycles. The van der Waals surface area contributed by atoms with E-state index in [0.29, 0.717) is 19.1 Å². The van der Waals surface area contributed by atoms with E-state index in [-0.39, 0.29) is 0 Å². The van der Waals surface area contributed by atoms with Gasteiger partial charge in [-0.3, -0.25) is 0 Å². The molecule has 0 spiro atoms. The summed E-state index contributed by atoms with van der Waals surface area (Å²) in [5.74, 6) is 2.33. The average molecular weight is 311 g/mol. The van der Waals surface area contributed by atoms with Gasteiger partial charge in [0.2, 0.25) is 0 Å². The van der Waals surface area contributed by atoms with E-state index >= 15 is 0 Å². The number of hydrogen-bond acceptors (Lipinski definition) is 3. The fraction of sp³-hybridized carbons (Fsp3) is 0.400. The Morgan fingerprint density at radius 2 is 1.74 bits per heavy atom. The van der Waals surface area contributed by atoms with Crippen LogP contribution in [0.15, 0.2) is 48.5 Å². The number of rotatable bonds is 6. The second kappa shape index (κ2) is 8.02. The first-order chi connectivity index (χ1) is 11.4. The zero-order chi connectivity index (χ0) is 15.9. The minimum atomic E-state index is 0.544. The summed E-state index contributed by atoms with van der Waals surface area (Å²) in [6.45, 7) is 5.38. The molecule has 3 heteroatoms. The van der Waals surface area contributed by atoms with E-state index < -0.39 is 0 Å². The molecule has 0 unspecified atom stereocenters. The van der Waals surface area contributed by atoms with Crippen LogP contribution in [0.1, 0.15) is 36.8 Å². The van der Waals surface area contributed by atoms with E-state index in [9.17, 15) is 0 Å². The summed E-state index contributed by atoms with van der Waals surface area (Å²) >= 11 is 0. The predicted molar refractivity (Wildman–Crippen MR) is 93.2 cm³/mol. The minimum absolute atomic E-state index is 0.544. The summed E-state index contributed by atoms with van der Waals surface area (Å²) in [7, 11) is 0. The lowest BCUT2D eigenvalue weighted by Gasteiger charge is -2.26. The van der Waals surface area contributed by atoms with Crippen LogP contribution < -0.4 is 14.8 Å². The van der Waals surface area contributed by atoms with Crippen LogP contribution in [0.3, 0.4) is 0 Å². The molecule has 0 saturated carbocycles. The largest absolute Gasteiger partial charge is 0.490 e. The summed E-state index contributed by atoms with van der Waals surface area (Å²) in [5.41, 5.74) is 2.46. The molecule has 2 aromatic rings. The Labute approximate surface area is 138 Å². The van der Waals surface area contributed by atoms with E-state index in [2.05, 4.69) is 29.6 Å². The number of nitrogens with one attached hydrogen (secondary N) is 1. The van der Waals surface area contributed by atoms with Crippen molar-refractivity contribution in [1.29, 1.82) is 0 Å². The molecule has 1 N–H and O–H groups in total. The van der Waals surface area contributed by atoms with Gasteiger partial charge in [-0.25, -0.2) is 0 Å². The van der Waals surface area contributed by atoms with Gasteiger partial charge >= 0.3 is 0 Å². The van der Waals surface area contributed by atoms with Gasteiger partial charge in [0.05, 0.1) is 6.61 Å². The Morgan fingerprint density at radius 1 is 0.957 bits per heavy atom. The van der Waals surface area contributed by atoms with Crippen molar-refractivity contribution < 1.29 is 9.47 Å². The molecule has 1 aliphatic heterocycles. The number of ether oxygens (including phenoxy) is 2. The predicted octanol–water partition coefficient (Wildman–Crippen LogP) is 4.13. The molecule has 1 saturated heterocycles. The maximum absolute atomic E-state index is 6.21. The lowest BCUT2D eigenvalue weighted by atomic mass is 9.89. The van der Waals surface area contributed by atoms with E-state index in [0.717, 1.165) is 37.4 Å². The topological polar surface area (TPSA) is 30.5 Å². The summed E-state index contributed by atoms with van der Waals surface area (Å²) in [6, 6.07) is 16.6. The van der Waals surface area contributed by atoms with E-state index in [1.165, 1.54) is 11.1 Å². The van der Waals surface area contributed by atoms with Crippen LogP contribution in [0, 0.1) is 0 Å². The second-order valence-electron chi connectivity index (χ2n) is 5.91. The van der Waals surface area contributed by atoms with Crippen LogP contribution >= 0.6 is 0 Å². The summed E-state index contributed by atoms with van der Waals surface area (Å²) in [6.07, 6.45) is 2.30. The van der Waals surface area contributed by atoms with Crippen LogP contribution in [0.4, 0.5) is 0 Å². The van der Waals surface area contributed by atoms with Crippen LogP contribution in [0.5, 0.6) is 11.5 Å². The normalized spacial score (nSPS) is 15.3. The number of para-hydroxylation sites is 1. The lowest BCUT2D eigenvalue weighted by molar-refractivity contribution is 0.263. The van der Waals surface area contributed by atoms with Crippen LogP contribution in [-0.4, -0.2) is 19.7 Å². The van der Waals surface area contributed by atoms with Gasteiger partial charge in [0, 0.05) is 5.56 Å². The molecule has 0 bridgehead atoms. The first-order valence-corrected chi connectivity index (χ1v) is 8.51. The fourth-order valence-corrected chi connectivity index (χ4v) is 3.14. The summed E-state index contributed by atoms with van der Waals surface area (Å²) in [4.78, 5) is 0. The third-order valence-electron chi connectivity index (χ3n) is 4.31. The van der Waals surface area contributed by atoms with Gasteiger partial charge < -0.3 is 14.8 Å². The van der Waals surface area contributed by atoms with Gasteiger partial charge in [0.15, 0.2) is 11.5 Å². The smallest absolute Gasteiger partial charge is 0.165 e. The highest BCUT2D eigenvalue weighted by atomic mass is 16.5. The molecular formula is C20H25NO2. The van der Waals surface area contributed by atoms with E-state index in [1.807, 2.05) is 31.2 Å². The van der Waals surface area contributed by atoms with Gasteiger partial charge in [0.1, 0.15) is 6.61 Å². The number of hydrogen-bond donors (Lipinski definition) is 1. The van der Waals surface area contributed by atoms with Gasteiger partial charge in [-0.1, -0.05) is 42.5 Å². The lowest BCUT2D eigenvalue weighted by Crippen LogP contribution is -2.26. The summed E-state index contributed by atoms with van der Waals surface area (Å²) < 4.78 is 12.0. The molecule has 0 radical (unpaired) electrons. The standard InChI is InChI=1S/C20H25NO2/c1-2-22-19-10-6-9-18(17-11-13-21-14-12-17)20(19)23-15-16-7-4-3-5-8-16/h3-10,17,21H,2,11-15H2,1H3. The molecule has 23 heavy (non-hydrogen) atoms. The van der Waals surface area contributed by atoms with Crippen molar-refractivity contribution in [2.75, 3.05) is 19.7 Å². The van der Waals surface area contributed by atoms with Gasteiger partial charge in [-0.15, -0.1) is 0 Å². The quantitative estimate of drug-likeness (QED) is 0.870. The Morgan fingerprint density at radius 3 is 2.48 bits per heavy atom. The first-order valence-electron chi connectivity index (χ1n) is 8.51. The second-order valence-corrected chi connectivity index (χ2v) is 5.91. The third-order valence-corrected chi connectivity index (χ3v) is 4.31. The Bertz CT molecular complexity index is 606. The molecule has 1 aliphatic rings. The van der Waals surface area contributed by atoms with Crippen LogP contribution in [-0.2, 0) is 6.61 Å². The fourth-order valence-electron chi connectivity index (χ4n) is 3.14. The van der Waals surface area contributed by atoms with Crippen molar-refractivity contribution in [1.82, 2.24) is 5.32 Å². The van der Waals surface area contributed by atoms with Gasteiger partial charge in [-0.05, 0) is 50.4 Å². The van der Waals surface area contributed by atoms with Gasteiger partial charge in [0.25, 0.3) is 0 Å². The molecule has 2 aromatic carbocycles. The van der Waals surface area contributed by atoms with Crippen molar-refractivity contribution in [2.45, 2.75) is 32.3 Å². The maximum Gasteiger partial charge on any atom is 0.165 e. The monoisotopic (exact) mass is 311 g/mol. The summed E-state index contributed by atoms with van der Waals surface area (Å²) in [5, 5.41) is 3.43. The molecule has 0 atom stereocenters. The minimum Gasteiger partial charge on any atom is -0.490 e. The Hall–Kier alpha value is -2.00. The zero-order valence-corrected chi connectivity index (χ0v) is 13.8. The molecule has 1 heterocycles. The Kier molecular flexibility index (Phi) is 5.54. The average Bonchev–Trinajstić information content (AvgIpc) is 2.62. The molecule has 122 valence electrons. The number of benzene rings is 2. The number of piperidine rings is 1. The van der Waals surface area contributed by atoms with Crippen molar-refractivity contribution in [3.8, 4) is 11.5 Å². The molecule has 1 fully saturated rings. The molecule has 0 aliphatic carbocycles. The van der Waals surface area contributed by atoms with E-state index in [1.54, 1.807) is 0 Å². The third kappa shape index (κ3) is 4.05. The van der Waals surface area contributed by atoms with Crippen molar-refractivity contribution in [2.24, 2.45) is 0 Å². The SMILES string of the molecule is CCOc1cccc(C2CCNCC2)c1OCc1ccccc1. The van der Waals surface area contributed by atoms with Crippen LogP contribution in [0.2, 0.25) is 0 Å². The van der Waals surface area contributed by atoms with Crippen molar-refractivity contribution in [3.05, 3.63) is 59.7 Å². The van der Waals surface area contributed by atoms with Crippen molar-refractivity contribution in [3.63, 3.8) is 0 Å². The molecule has 3 nitrogen and oxygen atoms in total. The van der Waals surface area contributed by atoms with E-state index in [4.69, 9.17) is 9.47 Å². The van der Waals surface area contributed by atoms with Crippen molar-refractivity contribution >= 4 is 0 Å². The highest BCUT2D eigenvalue weighted by molar-refractivity contribution is 5.48. The highest BCUT2D eigenvalue weighted by Gasteiger charge is 2.21. The molecule has 3 rings (SSSR count). The van der Waals surface area contributed by atoms with Crippen LogP contribution in [0.25, 0.3) is 0 Å². The zero-order valence-electron chi connectivity index (χ0n) is 13.8. The Balaban J connectivity index is 1.84.